The Bertz CT molecular complexity index is 352. The zero-order valence-electron chi connectivity index (χ0n) is 9.95. The van der Waals surface area contributed by atoms with Crippen LogP contribution >= 0.6 is 0 Å². The lowest BCUT2D eigenvalue weighted by Gasteiger charge is -2.08. The van der Waals surface area contributed by atoms with E-state index in [4.69, 9.17) is 0 Å². The fourth-order valence-electron chi connectivity index (χ4n) is 1.10. The number of hydrogen-bond acceptors (Lipinski definition) is 4. The number of aromatic nitrogens is 2. The molecule has 0 bridgehead atoms. The third-order valence-corrected chi connectivity index (χ3v) is 1.94. The number of nitrogens with one attached hydrogen (secondary N) is 2. The Morgan fingerprint density at radius 2 is 2.19 bits per heavy atom. The Kier molecular flexibility index (Phi) is 4.69. The van der Waals surface area contributed by atoms with Gasteiger partial charge in [0.05, 0.1) is 6.54 Å². The topological polar surface area (TPSA) is 66.9 Å². The average Bonchev–Trinajstić information content (AvgIpc) is 2.23. The third kappa shape index (κ3) is 4.72. The number of hydrogen-bond donors (Lipinski definition) is 2. The van der Waals surface area contributed by atoms with Crippen molar-refractivity contribution in [1.29, 1.82) is 0 Å². The van der Waals surface area contributed by atoms with E-state index in [1.807, 2.05) is 6.92 Å². The fraction of sp³-hybridized carbons (Fsp3) is 0.545. The molecule has 1 aromatic rings. The van der Waals surface area contributed by atoms with Crippen LogP contribution in [-0.2, 0) is 4.79 Å². The van der Waals surface area contributed by atoms with Crippen molar-refractivity contribution >= 4 is 11.7 Å². The van der Waals surface area contributed by atoms with E-state index in [1.54, 1.807) is 6.07 Å². The van der Waals surface area contributed by atoms with E-state index >= 15 is 0 Å². The van der Waals surface area contributed by atoms with Crippen molar-refractivity contribution in [3.8, 4) is 0 Å². The van der Waals surface area contributed by atoms with Crippen LogP contribution in [0, 0.1) is 12.8 Å². The molecule has 0 unspecified atom stereocenters. The summed E-state index contributed by atoms with van der Waals surface area (Å²) in [5.41, 5.74) is 0.875. The molecule has 0 fully saturated rings. The van der Waals surface area contributed by atoms with E-state index in [1.165, 1.54) is 6.33 Å². The van der Waals surface area contributed by atoms with Crippen molar-refractivity contribution in [3.05, 3.63) is 18.1 Å². The van der Waals surface area contributed by atoms with Crippen LogP contribution in [0.1, 0.15) is 19.5 Å². The van der Waals surface area contributed by atoms with Gasteiger partial charge in [-0.3, -0.25) is 4.79 Å². The minimum absolute atomic E-state index is 0.0232. The molecule has 5 heteroatoms. The standard InChI is InChI=1S/C11H18N4O/c1-8(2)5-13-11(16)6-12-10-4-9(3)14-7-15-10/h4,7-8H,5-6H2,1-3H3,(H,13,16)(H,12,14,15). The minimum atomic E-state index is -0.0232. The van der Waals surface area contributed by atoms with Crippen LogP contribution in [0.2, 0.25) is 0 Å². The summed E-state index contributed by atoms with van der Waals surface area (Å²) in [5, 5.41) is 5.77. The van der Waals surface area contributed by atoms with Gasteiger partial charge in [0.25, 0.3) is 0 Å². The minimum Gasteiger partial charge on any atom is -0.361 e. The van der Waals surface area contributed by atoms with E-state index < -0.39 is 0 Å². The molecule has 0 aliphatic rings. The lowest BCUT2D eigenvalue weighted by Crippen LogP contribution is -2.32. The zero-order chi connectivity index (χ0) is 12.0. The predicted octanol–water partition coefficient (Wildman–Crippen LogP) is 0.969. The van der Waals surface area contributed by atoms with Crippen LogP contribution in [0.3, 0.4) is 0 Å². The summed E-state index contributed by atoms with van der Waals surface area (Å²) in [6.07, 6.45) is 1.48. The number of carbonyl (C=O) groups is 1. The van der Waals surface area contributed by atoms with Gasteiger partial charge < -0.3 is 10.6 Å². The average molecular weight is 222 g/mol. The number of rotatable bonds is 5. The predicted molar refractivity (Wildman–Crippen MR) is 63.1 cm³/mol. The maximum absolute atomic E-state index is 11.4. The molecule has 0 spiro atoms. The molecule has 0 aromatic carbocycles. The lowest BCUT2D eigenvalue weighted by atomic mass is 10.2. The molecule has 1 aromatic heterocycles. The zero-order valence-corrected chi connectivity index (χ0v) is 9.95. The van der Waals surface area contributed by atoms with Gasteiger partial charge in [0.15, 0.2) is 0 Å². The number of nitrogens with zero attached hydrogens (tertiary/aromatic N) is 2. The molecule has 5 nitrogen and oxygen atoms in total. The van der Waals surface area contributed by atoms with Gasteiger partial charge in [-0.2, -0.15) is 0 Å². The summed E-state index contributed by atoms with van der Waals surface area (Å²) in [7, 11) is 0. The maximum atomic E-state index is 11.4. The lowest BCUT2D eigenvalue weighted by molar-refractivity contribution is -0.119. The summed E-state index contributed by atoms with van der Waals surface area (Å²) >= 11 is 0. The second-order valence-corrected chi connectivity index (χ2v) is 4.10. The van der Waals surface area contributed by atoms with Gasteiger partial charge >= 0.3 is 0 Å². The van der Waals surface area contributed by atoms with Crippen LogP contribution in [0.15, 0.2) is 12.4 Å². The molecule has 2 N–H and O–H groups in total. The summed E-state index contributed by atoms with van der Waals surface area (Å²) in [6.45, 7) is 6.93. The van der Waals surface area contributed by atoms with Gasteiger partial charge in [0.1, 0.15) is 12.1 Å². The molecule has 0 radical (unpaired) electrons. The molecule has 88 valence electrons. The van der Waals surface area contributed by atoms with Crippen molar-refractivity contribution in [1.82, 2.24) is 15.3 Å². The van der Waals surface area contributed by atoms with Crippen molar-refractivity contribution in [2.45, 2.75) is 20.8 Å². The maximum Gasteiger partial charge on any atom is 0.239 e. The van der Waals surface area contributed by atoms with Crippen molar-refractivity contribution in [3.63, 3.8) is 0 Å². The van der Waals surface area contributed by atoms with Gasteiger partial charge in [-0.25, -0.2) is 9.97 Å². The Hall–Kier alpha value is -1.65. The molecule has 0 aliphatic heterocycles. The molecule has 0 atom stereocenters. The van der Waals surface area contributed by atoms with Gasteiger partial charge in [-0.1, -0.05) is 13.8 Å². The van der Waals surface area contributed by atoms with Crippen molar-refractivity contribution < 1.29 is 4.79 Å². The highest BCUT2D eigenvalue weighted by Gasteiger charge is 2.02. The smallest absolute Gasteiger partial charge is 0.239 e. The molecule has 1 amide bonds. The van der Waals surface area contributed by atoms with Crippen LogP contribution in [0.4, 0.5) is 5.82 Å². The largest absolute Gasteiger partial charge is 0.361 e. The number of aryl methyl sites for hydroxylation is 1. The van der Waals surface area contributed by atoms with Crippen LogP contribution in [0.25, 0.3) is 0 Å². The molecule has 16 heavy (non-hydrogen) atoms. The molecule has 0 saturated carbocycles. The fourth-order valence-corrected chi connectivity index (χ4v) is 1.10. The highest BCUT2D eigenvalue weighted by atomic mass is 16.1. The van der Waals surface area contributed by atoms with E-state index in [0.29, 0.717) is 18.3 Å². The molecule has 1 rings (SSSR count). The highest BCUT2D eigenvalue weighted by Crippen LogP contribution is 2.01. The number of carbonyl (C=O) groups excluding carboxylic acids is 1. The molecular formula is C11H18N4O. The second-order valence-electron chi connectivity index (χ2n) is 4.10. The number of anilines is 1. The molecule has 1 heterocycles. The van der Waals surface area contributed by atoms with Crippen LogP contribution < -0.4 is 10.6 Å². The number of amides is 1. The van der Waals surface area contributed by atoms with Crippen LogP contribution in [-0.4, -0.2) is 29.0 Å². The SMILES string of the molecule is Cc1cc(NCC(=O)NCC(C)C)ncn1. The third-order valence-electron chi connectivity index (χ3n) is 1.94. The Balaban J connectivity index is 2.31. The molecule has 0 aliphatic carbocycles. The first-order valence-corrected chi connectivity index (χ1v) is 5.37. The summed E-state index contributed by atoms with van der Waals surface area (Å²) in [6, 6.07) is 1.80. The summed E-state index contributed by atoms with van der Waals surface area (Å²) in [4.78, 5) is 19.4. The highest BCUT2D eigenvalue weighted by molar-refractivity contribution is 5.80. The van der Waals surface area contributed by atoms with Gasteiger partial charge in [0, 0.05) is 18.3 Å². The Morgan fingerprint density at radius 1 is 1.44 bits per heavy atom. The van der Waals surface area contributed by atoms with Gasteiger partial charge in [-0.05, 0) is 12.8 Å². The van der Waals surface area contributed by atoms with Gasteiger partial charge in [-0.15, -0.1) is 0 Å². The van der Waals surface area contributed by atoms with Crippen molar-refractivity contribution in [2.24, 2.45) is 5.92 Å². The van der Waals surface area contributed by atoms with E-state index in [-0.39, 0.29) is 12.5 Å². The first-order valence-electron chi connectivity index (χ1n) is 5.37. The van der Waals surface area contributed by atoms with Crippen LogP contribution in [0.5, 0.6) is 0 Å². The molecule has 0 saturated heterocycles. The monoisotopic (exact) mass is 222 g/mol. The molecular weight excluding hydrogens is 204 g/mol. The van der Waals surface area contributed by atoms with Crippen molar-refractivity contribution in [2.75, 3.05) is 18.4 Å². The summed E-state index contributed by atoms with van der Waals surface area (Å²) < 4.78 is 0. The van der Waals surface area contributed by atoms with E-state index in [9.17, 15) is 4.79 Å². The summed E-state index contributed by atoms with van der Waals surface area (Å²) in [5.74, 6) is 1.11. The van der Waals surface area contributed by atoms with Gasteiger partial charge in [0.2, 0.25) is 5.91 Å². The second kappa shape index (κ2) is 6.05. The first-order chi connectivity index (χ1) is 7.58. The van der Waals surface area contributed by atoms with E-state index in [2.05, 4.69) is 34.4 Å². The Labute approximate surface area is 95.7 Å². The normalized spacial score (nSPS) is 10.2. The first kappa shape index (κ1) is 12.4. The Morgan fingerprint density at radius 3 is 2.81 bits per heavy atom. The van der Waals surface area contributed by atoms with E-state index in [0.717, 1.165) is 5.69 Å². The quantitative estimate of drug-likeness (QED) is 0.779.